The molecule has 0 saturated carbocycles. The SMILES string of the molecule is CC1(O)CCCN(CC2COCCC2N)CC1. The molecule has 0 spiro atoms. The van der Waals surface area contributed by atoms with Gasteiger partial charge < -0.3 is 20.5 Å². The van der Waals surface area contributed by atoms with Crippen LogP contribution in [-0.2, 0) is 4.74 Å². The Labute approximate surface area is 104 Å². The van der Waals surface area contributed by atoms with Crippen molar-refractivity contribution in [2.75, 3.05) is 32.8 Å². The van der Waals surface area contributed by atoms with Gasteiger partial charge in [-0.15, -0.1) is 0 Å². The molecule has 3 unspecified atom stereocenters. The van der Waals surface area contributed by atoms with Gasteiger partial charge in [-0.05, 0) is 39.2 Å². The predicted octanol–water partition coefficient (Wildman–Crippen LogP) is 0.587. The first-order valence-corrected chi connectivity index (χ1v) is 6.85. The standard InChI is InChI=1S/C13H26N2O2/c1-13(16)4-2-6-15(7-5-13)9-11-10-17-8-3-12(11)14/h11-12,16H,2-10,14H2,1H3. The Morgan fingerprint density at radius 3 is 3.00 bits per heavy atom. The summed E-state index contributed by atoms with van der Waals surface area (Å²) in [4.78, 5) is 2.45. The first-order chi connectivity index (χ1) is 8.07. The van der Waals surface area contributed by atoms with E-state index in [-0.39, 0.29) is 6.04 Å². The molecule has 0 bridgehead atoms. The highest BCUT2D eigenvalue weighted by atomic mass is 16.5. The molecule has 100 valence electrons. The van der Waals surface area contributed by atoms with Crippen LogP contribution in [0.1, 0.15) is 32.6 Å². The molecule has 0 aliphatic carbocycles. The van der Waals surface area contributed by atoms with Gasteiger partial charge in [-0.3, -0.25) is 0 Å². The van der Waals surface area contributed by atoms with Gasteiger partial charge in [0, 0.05) is 31.7 Å². The Hall–Kier alpha value is -0.160. The van der Waals surface area contributed by atoms with Gasteiger partial charge in [-0.2, -0.15) is 0 Å². The molecule has 3 atom stereocenters. The summed E-state index contributed by atoms with van der Waals surface area (Å²) < 4.78 is 5.51. The Morgan fingerprint density at radius 1 is 1.41 bits per heavy atom. The lowest BCUT2D eigenvalue weighted by atomic mass is 9.96. The minimum Gasteiger partial charge on any atom is -0.390 e. The topological polar surface area (TPSA) is 58.7 Å². The van der Waals surface area contributed by atoms with E-state index in [0.717, 1.165) is 58.5 Å². The third-order valence-electron chi connectivity index (χ3n) is 4.18. The number of likely N-dealkylation sites (tertiary alicyclic amines) is 1. The molecule has 0 aromatic heterocycles. The van der Waals surface area contributed by atoms with Gasteiger partial charge in [0.15, 0.2) is 0 Å². The van der Waals surface area contributed by atoms with E-state index in [0.29, 0.717) is 5.92 Å². The third kappa shape index (κ3) is 3.91. The van der Waals surface area contributed by atoms with Crippen LogP contribution in [0.25, 0.3) is 0 Å². The van der Waals surface area contributed by atoms with E-state index in [2.05, 4.69) is 4.90 Å². The van der Waals surface area contributed by atoms with Crippen molar-refractivity contribution in [3.8, 4) is 0 Å². The Balaban J connectivity index is 1.82. The van der Waals surface area contributed by atoms with Crippen molar-refractivity contribution < 1.29 is 9.84 Å². The lowest BCUT2D eigenvalue weighted by Gasteiger charge is -2.33. The molecule has 0 aromatic rings. The second-order valence-corrected chi connectivity index (χ2v) is 5.94. The third-order valence-corrected chi connectivity index (χ3v) is 4.18. The molecular formula is C13H26N2O2. The summed E-state index contributed by atoms with van der Waals surface area (Å²) in [5.74, 6) is 0.465. The number of rotatable bonds is 2. The van der Waals surface area contributed by atoms with E-state index < -0.39 is 5.60 Å². The predicted molar refractivity (Wildman–Crippen MR) is 67.8 cm³/mol. The number of hydrogen-bond donors (Lipinski definition) is 2. The Morgan fingerprint density at radius 2 is 2.24 bits per heavy atom. The molecule has 4 heteroatoms. The molecule has 2 aliphatic heterocycles. The molecular weight excluding hydrogens is 216 g/mol. The van der Waals surface area contributed by atoms with E-state index in [9.17, 15) is 5.11 Å². The quantitative estimate of drug-likeness (QED) is 0.744. The van der Waals surface area contributed by atoms with Crippen molar-refractivity contribution in [2.24, 2.45) is 11.7 Å². The van der Waals surface area contributed by atoms with E-state index in [4.69, 9.17) is 10.5 Å². The van der Waals surface area contributed by atoms with Gasteiger partial charge in [-0.25, -0.2) is 0 Å². The van der Waals surface area contributed by atoms with Crippen molar-refractivity contribution in [2.45, 2.75) is 44.2 Å². The highest BCUT2D eigenvalue weighted by Gasteiger charge is 2.28. The molecule has 0 amide bonds. The average molecular weight is 242 g/mol. The van der Waals surface area contributed by atoms with Gasteiger partial charge >= 0.3 is 0 Å². The largest absolute Gasteiger partial charge is 0.390 e. The van der Waals surface area contributed by atoms with Crippen molar-refractivity contribution in [1.82, 2.24) is 4.90 Å². The minimum atomic E-state index is -0.472. The van der Waals surface area contributed by atoms with Crippen LogP contribution in [0.3, 0.4) is 0 Å². The molecule has 0 aromatic carbocycles. The van der Waals surface area contributed by atoms with E-state index in [1.165, 1.54) is 0 Å². The zero-order chi connectivity index (χ0) is 12.3. The van der Waals surface area contributed by atoms with Crippen LogP contribution in [0.2, 0.25) is 0 Å². The zero-order valence-corrected chi connectivity index (χ0v) is 10.9. The van der Waals surface area contributed by atoms with Crippen LogP contribution in [0.15, 0.2) is 0 Å². The summed E-state index contributed by atoms with van der Waals surface area (Å²) in [6.07, 6.45) is 3.85. The Bertz CT molecular complexity index is 246. The van der Waals surface area contributed by atoms with Gasteiger partial charge in [0.25, 0.3) is 0 Å². The molecule has 0 radical (unpaired) electrons. The summed E-state index contributed by atoms with van der Waals surface area (Å²) in [5.41, 5.74) is 5.66. The van der Waals surface area contributed by atoms with Gasteiger partial charge in [0.2, 0.25) is 0 Å². The summed E-state index contributed by atoms with van der Waals surface area (Å²) in [6.45, 7) is 6.65. The van der Waals surface area contributed by atoms with Crippen molar-refractivity contribution in [3.05, 3.63) is 0 Å². The van der Waals surface area contributed by atoms with Crippen molar-refractivity contribution in [1.29, 1.82) is 0 Å². The second kappa shape index (κ2) is 5.65. The Kier molecular flexibility index (Phi) is 4.42. The van der Waals surface area contributed by atoms with E-state index >= 15 is 0 Å². The van der Waals surface area contributed by atoms with Crippen LogP contribution >= 0.6 is 0 Å². The average Bonchev–Trinajstić information content (AvgIpc) is 2.44. The first kappa shape index (κ1) is 13.3. The minimum absolute atomic E-state index is 0.285. The van der Waals surface area contributed by atoms with Gasteiger partial charge in [0.05, 0.1) is 12.2 Å². The molecule has 4 nitrogen and oxygen atoms in total. The zero-order valence-electron chi connectivity index (χ0n) is 10.9. The van der Waals surface area contributed by atoms with Gasteiger partial charge in [-0.1, -0.05) is 0 Å². The monoisotopic (exact) mass is 242 g/mol. The van der Waals surface area contributed by atoms with Crippen LogP contribution < -0.4 is 5.73 Å². The highest BCUT2D eigenvalue weighted by Crippen LogP contribution is 2.23. The van der Waals surface area contributed by atoms with Crippen LogP contribution in [0, 0.1) is 5.92 Å². The fourth-order valence-electron chi connectivity index (χ4n) is 2.84. The highest BCUT2D eigenvalue weighted by molar-refractivity contribution is 4.83. The molecule has 2 aliphatic rings. The molecule has 2 saturated heterocycles. The van der Waals surface area contributed by atoms with Crippen LogP contribution in [0.5, 0.6) is 0 Å². The molecule has 2 heterocycles. The van der Waals surface area contributed by atoms with Crippen molar-refractivity contribution in [3.63, 3.8) is 0 Å². The lowest BCUT2D eigenvalue weighted by Crippen LogP contribution is -2.45. The molecule has 2 fully saturated rings. The maximum atomic E-state index is 10.1. The summed E-state index contributed by atoms with van der Waals surface area (Å²) in [6, 6.07) is 0.285. The van der Waals surface area contributed by atoms with Crippen molar-refractivity contribution >= 4 is 0 Å². The smallest absolute Gasteiger partial charge is 0.0632 e. The van der Waals surface area contributed by atoms with Crippen LogP contribution in [0.4, 0.5) is 0 Å². The number of hydrogen-bond acceptors (Lipinski definition) is 4. The van der Waals surface area contributed by atoms with Crippen LogP contribution in [-0.4, -0.2) is 54.5 Å². The fraction of sp³-hybridized carbons (Fsp3) is 1.00. The number of nitrogens with zero attached hydrogens (tertiary/aromatic N) is 1. The number of ether oxygens (including phenoxy) is 1. The summed E-state index contributed by atoms with van der Waals surface area (Å²) >= 11 is 0. The summed E-state index contributed by atoms with van der Waals surface area (Å²) in [5, 5.41) is 10.1. The number of nitrogens with two attached hydrogens (primary N) is 1. The van der Waals surface area contributed by atoms with E-state index in [1.807, 2.05) is 6.92 Å². The maximum Gasteiger partial charge on any atom is 0.0632 e. The van der Waals surface area contributed by atoms with Gasteiger partial charge in [0.1, 0.15) is 0 Å². The second-order valence-electron chi connectivity index (χ2n) is 5.94. The lowest BCUT2D eigenvalue weighted by molar-refractivity contribution is 0.0224. The normalized spacial score (nSPS) is 41.1. The maximum absolute atomic E-state index is 10.1. The summed E-state index contributed by atoms with van der Waals surface area (Å²) in [7, 11) is 0. The number of aliphatic hydroxyl groups is 1. The molecule has 2 rings (SSSR count). The molecule has 17 heavy (non-hydrogen) atoms. The first-order valence-electron chi connectivity index (χ1n) is 6.85. The fourth-order valence-corrected chi connectivity index (χ4v) is 2.84. The van der Waals surface area contributed by atoms with E-state index in [1.54, 1.807) is 0 Å². The molecule has 3 N–H and O–H groups in total.